The Balaban J connectivity index is 0.915. The van der Waals surface area contributed by atoms with Gasteiger partial charge in [-0.05, 0) is 72.3 Å². The van der Waals surface area contributed by atoms with Crippen LogP contribution in [0, 0.1) is 58.6 Å². The van der Waals surface area contributed by atoms with E-state index in [1.165, 1.54) is 6.07 Å². The Labute approximate surface area is 163 Å². The highest BCUT2D eigenvalue weighted by Gasteiger charge is 3.06. The van der Waals surface area contributed by atoms with Crippen LogP contribution in [0.25, 0.3) is 0 Å². The highest BCUT2D eigenvalue weighted by molar-refractivity contribution is 5.92. The minimum atomic E-state index is -0.217. The van der Waals surface area contributed by atoms with Crippen molar-refractivity contribution in [2.24, 2.45) is 52.8 Å². The number of benzene rings is 1. The molecule has 5 heteroatoms. The van der Waals surface area contributed by atoms with E-state index in [-0.39, 0.29) is 23.1 Å². The molecule has 146 valence electrons. The number of piperidine rings is 1. The van der Waals surface area contributed by atoms with Gasteiger partial charge in [-0.25, -0.2) is 4.39 Å². The van der Waals surface area contributed by atoms with Crippen molar-refractivity contribution in [2.45, 2.75) is 19.3 Å². The molecule has 0 spiro atoms. The van der Waals surface area contributed by atoms with Crippen LogP contribution in [0.5, 0.6) is 0 Å². The van der Waals surface area contributed by atoms with Gasteiger partial charge in [0.15, 0.2) is 0 Å². The number of rotatable bonds is 5. The summed E-state index contributed by atoms with van der Waals surface area (Å²) < 4.78 is 13.7. The van der Waals surface area contributed by atoms with Gasteiger partial charge in [-0.15, -0.1) is 0 Å². The molecule has 4 nitrogen and oxygen atoms in total. The smallest absolute Gasteiger partial charge is 0.229 e. The van der Waals surface area contributed by atoms with Crippen molar-refractivity contribution in [1.82, 2.24) is 10.2 Å². The van der Waals surface area contributed by atoms with E-state index < -0.39 is 0 Å². The highest BCUT2D eigenvalue weighted by Crippen LogP contribution is 3.06. The molecule has 0 bridgehead atoms. The van der Waals surface area contributed by atoms with Gasteiger partial charge in [0, 0.05) is 25.6 Å². The Bertz CT molecular complexity index is 855. The summed E-state index contributed by atoms with van der Waals surface area (Å²) >= 11 is 0. The van der Waals surface area contributed by atoms with E-state index >= 15 is 0 Å². The number of carbonyl (C=O) groups excluding carboxylic acids is 2. The second kappa shape index (κ2) is 4.98. The number of halogens is 1. The Kier molecular flexibility index (Phi) is 2.83. The zero-order valence-electron chi connectivity index (χ0n) is 15.8. The van der Waals surface area contributed by atoms with E-state index in [1.807, 2.05) is 6.07 Å². The molecule has 0 aromatic heterocycles. The standard InChI is InChI=1S/C23H25FN2O2/c24-13-4-2-1-3-11(13)5-8-25-21(27)12-6-9-26(10-7-12)22(28)23-18-15-14-16(18)20(23)17(14)19(15)23/h1-4,12,14-20H,5-10H2,(H,25,27). The molecular formula is C23H25FN2O2. The van der Waals surface area contributed by atoms with Crippen LogP contribution in [0.2, 0.25) is 0 Å². The first-order chi connectivity index (χ1) is 13.7. The van der Waals surface area contributed by atoms with Crippen LogP contribution in [-0.2, 0) is 16.0 Å². The van der Waals surface area contributed by atoms with Crippen LogP contribution in [0.1, 0.15) is 18.4 Å². The van der Waals surface area contributed by atoms with Crippen LogP contribution in [0.3, 0.4) is 0 Å². The topological polar surface area (TPSA) is 49.4 Å². The van der Waals surface area contributed by atoms with Gasteiger partial charge in [-0.2, -0.15) is 0 Å². The van der Waals surface area contributed by atoms with Gasteiger partial charge in [0.25, 0.3) is 0 Å². The molecule has 0 atom stereocenters. The second-order valence-electron chi connectivity index (χ2n) is 10.0. The van der Waals surface area contributed by atoms with E-state index in [9.17, 15) is 14.0 Å². The summed E-state index contributed by atoms with van der Waals surface area (Å²) in [6.45, 7) is 1.90. The number of nitrogens with one attached hydrogen (secondary N) is 1. The minimum absolute atomic E-state index is 0.0197. The highest BCUT2D eigenvalue weighted by atomic mass is 19.1. The van der Waals surface area contributed by atoms with Crippen molar-refractivity contribution >= 4 is 11.8 Å². The number of amides is 2. The summed E-state index contributed by atoms with van der Waals surface area (Å²) in [6.07, 6.45) is 2.02. The lowest BCUT2D eigenvalue weighted by molar-refractivity contribution is -0.597. The maximum atomic E-state index is 13.7. The number of hydrogen-bond donors (Lipinski definition) is 1. The normalized spacial score (nSPS) is 45.6. The zero-order valence-corrected chi connectivity index (χ0v) is 15.8. The lowest BCUT2D eigenvalue weighted by Gasteiger charge is -3.06. The summed E-state index contributed by atoms with van der Waals surface area (Å²) in [5.74, 6) is 6.35. The molecule has 8 rings (SSSR count). The molecule has 7 aliphatic rings. The predicted molar refractivity (Wildman–Crippen MR) is 99.3 cm³/mol. The van der Waals surface area contributed by atoms with Crippen LogP contribution < -0.4 is 5.32 Å². The molecule has 1 N–H and O–H groups in total. The van der Waals surface area contributed by atoms with Crippen LogP contribution in [0.4, 0.5) is 4.39 Å². The van der Waals surface area contributed by atoms with Gasteiger partial charge in [0.2, 0.25) is 11.8 Å². The molecule has 1 aliphatic heterocycles. The molecule has 7 fully saturated rings. The number of hydrogen-bond acceptors (Lipinski definition) is 2. The average Bonchev–Trinajstić information content (AvgIpc) is 2.74. The zero-order chi connectivity index (χ0) is 18.8. The molecule has 2 amide bonds. The molecule has 28 heavy (non-hydrogen) atoms. The van der Waals surface area contributed by atoms with Crippen molar-refractivity contribution in [3.63, 3.8) is 0 Å². The van der Waals surface area contributed by atoms with E-state index in [2.05, 4.69) is 10.2 Å². The molecule has 1 aromatic carbocycles. The average molecular weight is 380 g/mol. The first kappa shape index (κ1) is 15.9. The quantitative estimate of drug-likeness (QED) is 0.851. The van der Waals surface area contributed by atoms with Crippen molar-refractivity contribution in [2.75, 3.05) is 19.6 Å². The fourth-order valence-corrected chi connectivity index (χ4v) is 8.64. The van der Waals surface area contributed by atoms with Crippen LogP contribution >= 0.6 is 0 Å². The van der Waals surface area contributed by atoms with E-state index in [0.29, 0.717) is 24.4 Å². The third-order valence-electron chi connectivity index (χ3n) is 9.65. The van der Waals surface area contributed by atoms with Gasteiger partial charge in [-0.3, -0.25) is 9.59 Å². The summed E-state index contributed by atoms with van der Waals surface area (Å²) in [5.41, 5.74) is 0.723. The largest absolute Gasteiger partial charge is 0.356 e. The Hall–Kier alpha value is -1.91. The van der Waals surface area contributed by atoms with Crippen LogP contribution in [0.15, 0.2) is 24.3 Å². The SMILES string of the molecule is O=C(NCCc1ccccc1F)C1CCN(C(=O)C23C4C5C6C4C2C6C53)CC1. The fraction of sp³-hybridized carbons (Fsp3) is 0.652. The third-order valence-corrected chi connectivity index (χ3v) is 9.65. The summed E-state index contributed by atoms with van der Waals surface area (Å²) in [5, 5.41) is 2.96. The Morgan fingerprint density at radius 2 is 1.68 bits per heavy atom. The fourth-order valence-electron chi connectivity index (χ4n) is 8.64. The van der Waals surface area contributed by atoms with Gasteiger partial charge < -0.3 is 10.2 Å². The lowest BCUT2D eigenvalue weighted by atomic mass is 8.96. The first-order valence-electron chi connectivity index (χ1n) is 11.0. The molecule has 1 saturated heterocycles. The monoisotopic (exact) mass is 380 g/mol. The molecule has 6 aliphatic carbocycles. The van der Waals surface area contributed by atoms with E-state index in [0.717, 1.165) is 67.4 Å². The number of carbonyl (C=O) groups is 2. The van der Waals surface area contributed by atoms with Gasteiger partial charge >= 0.3 is 0 Å². The maximum absolute atomic E-state index is 13.7. The third kappa shape index (κ3) is 1.48. The van der Waals surface area contributed by atoms with Gasteiger partial charge in [0.05, 0.1) is 5.41 Å². The molecule has 0 radical (unpaired) electrons. The van der Waals surface area contributed by atoms with Crippen molar-refractivity contribution in [1.29, 1.82) is 0 Å². The lowest BCUT2D eigenvalue weighted by Crippen LogP contribution is -3.07. The molecule has 0 unspecified atom stereocenters. The second-order valence-corrected chi connectivity index (χ2v) is 10.0. The first-order valence-corrected chi connectivity index (χ1v) is 11.0. The van der Waals surface area contributed by atoms with Gasteiger partial charge in [0.1, 0.15) is 5.82 Å². The number of likely N-dealkylation sites (tertiary alicyclic amines) is 1. The maximum Gasteiger partial charge on any atom is 0.229 e. The summed E-state index contributed by atoms with van der Waals surface area (Å²) in [7, 11) is 0. The number of nitrogens with zero attached hydrogens (tertiary/aromatic N) is 1. The molecule has 1 aromatic rings. The molecule has 6 saturated carbocycles. The van der Waals surface area contributed by atoms with Crippen LogP contribution in [-0.4, -0.2) is 36.3 Å². The summed E-state index contributed by atoms with van der Waals surface area (Å²) in [6, 6.07) is 6.70. The van der Waals surface area contributed by atoms with Gasteiger partial charge in [-0.1, -0.05) is 18.2 Å². The van der Waals surface area contributed by atoms with E-state index in [1.54, 1.807) is 12.1 Å². The van der Waals surface area contributed by atoms with E-state index in [4.69, 9.17) is 0 Å². The Morgan fingerprint density at radius 3 is 2.32 bits per heavy atom. The van der Waals surface area contributed by atoms with Crippen molar-refractivity contribution in [3.8, 4) is 0 Å². The van der Waals surface area contributed by atoms with Crippen molar-refractivity contribution < 1.29 is 14.0 Å². The van der Waals surface area contributed by atoms with Crippen molar-refractivity contribution in [3.05, 3.63) is 35.6 Å². The minimum Gasteiger partial charge on any atom is -0.356 e. The molecule has 1 heterocycles. The molecular weight excluding hydrogens is 355 g/mol. The predicted octanol–water partition coefficient (Wildman–Crippen LogP) is 2.09. The summed E-state index contributed by atoms with van der Waals surface area (Å²) in [4.78, 5) is 27.8. The Morgan fingerprint density at radius 1 is 1.04 bits per heavy atom.